The molecule has 2 N–H and O–H groups in total. The molecule has 5 rings (SSSR count). The van der Waals surface area contributed by atoms with Crippen molar-refractivity contribution in [2.24, 2.45) is 0 Å². The standard InChI is InChI=1S/C23H31N5OS/c1-2-3-4-7-10-24-21-20-19(25-15-26-21)18-16-8-5-6-9-17(16)22(27-23(18)30-20)28-11-13-29-14-12-28/h15H,2-14H2,1H3,(H,24,25,26)/p+1. The summed E-state index contributed by atoms with van der Waals surface area (Å²) in [5.41, 5.74) is 4.13. The number of pyridine rings is 1. The van der Waals surface area contributed by atoms with E-state index in [1.165, 1.54) is 70.4 Å². The fourth-order valence-electron chi connectivity index (χ4n) is 4.84. The average molecular weight is 427 g/mol. The number of aromatic amines is 1. The molecule has 0 unspecified atom stereocenters. The molecule has 3 aromatic heterocycles. The number of aromatic nitrogens is 3. The number of thiophene rings is 1. The van der Waals surface area contributed by atoms with Crippen LogP contribution in [0.15, 0.2) is 6.33 Å². The summed E-state index contributed by atoms with van der Waals surface area (Å²) in [5.74, 6) is 2.30. The molecule has 4 heterocycles. The number of morpholine rings is 1. The van der Waals surface area contributed by atoms with Gasteiger partial charge in [-0.1, -0.05) is 37.5 Å². The van der Waals surface area contributed by atoms with Crippen molar-refractivity contribution in [3.8, 4) is 0 Å². The molecule has 0 bridgehead atoms. The highest BCUT2D eigenvalue weighted by Gasteiger charge is 2.30. The van der Waals surface area contributed by atoms with Gasteiger partial charge in [0.1, 0.15) is 29.9 Å². The van der Waals surface area contributed by atoms with Gasteiger partial charge in [0.2, 0.25) is 0 Å². The maximum absolute atomic E-state index is 5.60. The summed E-state index contributed by atoms with van der Waals surface area (Å²) in [5, 5.41) is 4.92. The predicted octanol–water partition coefficient (Wildman–Crippen LogP) is 4.37. The predicted molar refractivity (Wildman–Crippen MR) is 124 cm³/mol. The first-order valence-corrected chi connectivity index (χ1v) is 12.4. The maximum atomic E-state index is 5.60. The molecule has 0 radical (unpaired) electrons. The van der Waals surface area contributed by atoms with Crippen LogP contribution >= 0.6 is 11.3 Å². The Kier molecular flexibility index (Phi) is 6.00. The lowest BCUT2D eigenvalue weighted by Gasteiger charge is -2.25. The number of hydrogen-bond acceptors (Lipinski definition) is 6. The summed E-state index contributed by atoms with van der Waals surface area (Å²) in [6.07, 6.45) is 11.6. The molecule has 0 saturated carbocycles. The van der Waals surface area contributed by atoms with Crippen molar-refractivity contribution >= 4 is 43.4 Å². The minimum atomic E-state index is 0.810. The number of hydrogen-bond donors (Lipinski definition) is 1. The van der Waals surface area contributed by atoms with Crippen molar-refractivity contribution in [1.29, 1.82) is 0 Å². The van der Waals surface area contributed by atoms with E-state index in [1.807, 2.05) is 0 Å². The molecule has 6 nitrogen and oxygen atoms in total. The number of ether oxygens (including phenoxy) is 1. The van der Waals surface area contributed by atoms with E-state index < -0.39 is 0 Å². The van der Waals surface area contributed by atoms with Crippen LogP contribution in [0, 0.1) is 0 Å². The quantitative estimate of drug-likeness (QED) is 0.569. The second-order valence-electron chi connectivity index (χ2n) is 8.43. The number of unbranched alkanes of at least 4 members (excludes halogenated alkanes) is 3. The van der Waals surface area contributed by atoms with Gasteiger partial charge in [0.25, 0.3) is 5.82 Å². The smallest absolute Gasteiger partial charge is 0.279 e. The summed E-state index contributed by atoms with van der Waals surface area (Å²) in [7, 11) is 0. The zero-order valence-electron chi connectivity index (χ0n) is 17.9. The fraction of sp³-hybridized carbons (Fsp3) is 0.609. The lowest BCUT2D eigenvalue weighted by molar-refractivity contribution is -0.328. The van der Waals surface area contributed by atoms with E-state index >= 15 is 0 Å². The second-order valence-corrected chi connectivity index (χ2v) is 9.45. The van der Waals surface area contributed by atoms with Crippen LogP contribution in [0.2, 0.25) is 0 Å². The van der Waals surface area contributed by atoms with Crippen LogP contribution in [-0.4, -0.2) is 42.8 Å². The van der Waals surface area contributed by atoms with Crippen LogP contribution in [-0.2, 0) is 17.6 Å². The van der Waals surface area contributed by atoms with Crippen LogP contribution in [0.4, 0.5) is 11.6 Å². The van der Waals surface area contributed by atoms with Crippen molar-refractivity contribution in [2.75, 3.05) is 43.1 Å². The van der Waals surface area contributed by atoms with Crippen molar-refractivity contribution in [1.82, 2.24) is 9.97 Å². The molecular weight excluding hydrogens is 394 g/mol. The largest absolute Gasteiger partial charge is 0.373 e. The zero-order chi connectivity index (χ0) is 20.3. The molecule has 2 aliphatic rings. The van der Waals surface area contributed by atoms with Crippen molar-refractivity contribution in [2.45, 2.75) is 58.3 Å². The van der Waals surface area contributed by atoms with Crippen LogP contribution in [0.3, 0.4) is 0 Å². The van der Waals surface area contributed by atoms with Crippen LogP contribution < -0.4 is 15.2 Å². The van der Waals surface area contributed by atoms with Gasteiger partial charge in [0.15, 0.2) is 4.83 Å². The zero-order valence-corrected chi connectivity index (χ0v) is 18.7. The highest BCUT2D eigenvalue weighted by molar-refractivity contribution is 7.25. The molecule has 30 heavy (non-hydrogen) atoms. The van der Waals surface area contributed by atoms with E-state index in [-0.39, 0.29) is 0 Å². The number of rotatable bonds is 7. The summed E-state index contributed by atoms with van der Waals surface area (Å²) < 4.78 is 6.79. The molecule has 1 aliphatic heterocycles. The van der Waals surface area contributed by atoms with Gasteiger partial charge in [0.05, 0.1) is 24.1 Å². The highest BCUT2D eigenvalue weighted by Crippen LogP contribution is 2.40. The number of nitrogens with zero attached hydrogens (tertiary/aromatic N) is 3. The van der Waals surface area contributed by atoms with E-state index in [0.29, 0.717) is 0 Å². The Morgan fingerprint density at radius 2 is 1.93 bits per heavy atom. The maximum Gasteiger partial charge on any atom is 0.279 e. The molecule has 1 aliphatic carbocycles. The van der Waals surface area contributed by atoms with Crippen molar-refractivity contribution < 1.29 is 9.72 Å². The molecule has 1 saturated heterocycles. The minimum absolute atomic E-state index is 0.810. The van der Waals surface area contributed by atoms with Gasteiger partial charge in [-0.05, 0) is 37.7 Å². The third kappa shape index (κ3) is 3.73. The highest BCUT2D eigenvalue weighted by atomic mass is 32.1. The Morgan fingerprint density at radius 3 is 2.77 bits per heavy atom. The summed E-state index contributed by atoms with van der Waals surface area (Å²) in [4.78, 5) is 16.9. The fourth-order valence-corrected chi connectivity index (χ4v) is 5.99. The van der Waals surface area contributed by atoms with E-state index in [0.717, 1.165) is 57.0 Å². The summed E-state index contributed by atoms with van der Waals surface area (Å²) in [6.45, 7) is 6.77. The van der Waals surface area contributed by atoms with Crippen LogP contribution in [0.1, 0.15) is 56.6 Å². The number of aryl methyl sites for hydroxylation is 1. The number of anilines is 2. The molecule has 0 atom stereocenters. The lowest BCUT2D eigenvalue weighted by Crippen LogP contribution is -2.40. The molecule has 0 aromatic carbocycles. The van der Waals surface area contributed by atoms with Gasteiger partial charge < -0.3 is 10.1 Å². The van der Waals surface area contributed by atoms with Crippen molar-refractivity contribution in [3.05, 3.63) is 17.5 Å². The summed E-state index contributed by atoms with van der Waals surface area (Å²) >= 11 is 1.81. The van der Waals surface area contributed by atoms with E-state index in [9.17, 15) is 0 Å². The normalized spacial score (nSPS) is 16.9. The minimum Gasteiger partial charge on any atom is -0.373 e. The van der Waals surface area contributed by atoms with E-state index in [1.54, 1.807) is 17.7 Å². The van der Waals surface area contributed by atoms with E-state index in [4.69, 9.17) is 9.72 Å². The first-order valence-electron chi connectivity index (χ1n) is 11.6. The van der Waals surface area contributed by atoms with E-state index in [2.05, 4.69) is 27.1 Å². The third-order valence-corrected chi connectivity index (χ3v) is 7.51. The molecule has 0 amide bonds. The van der Waals surface area contributed by atoms with Gasteiger partial charge in [-0.15, -0.1) is 0 Å². The van der Waals surface area contributed by atoms with Crippen LogP contribution in [0.25, 0.3) is 20.4 Å². The lowest BCUT2D eigenvalue weighted by atomic mass is 9.90. The Labute approximate surface area is 182 Å². The van der Waals surface area contributed by atoms with Gasteiger partial charge in [-0.25, -0.2) is 15.0 Å². The Balaban J connectivity index is 1.56. The average Bonchev–Trinajstić information content (AvgIpc) is 3.18. The SMILES string of the molecule is CCCCCCNc1ncnc2c1sc1[nH+]c(N3CCOCC3)c3c(c12)CCCC3. The van der Waals surface area contributed by atoms with Gasteiger partial charge in [-0.2, -0.15) is 0 Å². The molecule has 0 spiro atoms. The first-order chi connectivity index (χ1) is 14.9. The van der Waals surface area contributed by atoms with Gasteiger partial charge >= 0.3 is 0 Å². The number of nitrogens with one attached hydrogen (secondary N) is 2. The molecule has 7 heteroatoms. The van der Waals surface area contributed by atoms with Crippen LogP contribution in [0.5, 0.6) is 0 Å². The Hall–Kier alpha value is -1.99. The first kappa shape index (κ1) is 19.9. The summed E-state index contributed by atoms with van der Waals surface area (Å²) in [6, 6.07) is 0. The second kappa shape index (κ2) is 9.02. The Bertz CT molecular complexity index is 1030. The molecule has 3 aromatic rings. The monoisotopic (exact) mass is 426 g/mol. The number of fused-ring (bicyclic) bond motifs is 5. The molecular formula is C23H32N5OS+. The third-order valence-electron chi connectivity index (χ3n) is 6.41. The van der Waals surface area contributed by atoms with Gasteiger partial charge in [-0.3, -0.25) is 4.90 Å². The topological polar surface area (TPSA) is 64.4 Å². The van der Waals surface area contributed by atoms with Gasteiger partial charge in [0, 0.05) is 12.1 Å². The molecule has 160 valence electrons. The van der Waals surface area contributed by atoms with Crippen molar-refractivity contribution in [3.63, 3.8) is 0 Å². The number of H-pyrrole nitrogens is 1. The molecule has 1 fully saturated rings. The Morgan fingerprint density at radius 1 is 1.10 bits per heavy atom.